The summed E-state index contributed by atoms with van der Waals surface area (Å²) in [4.78, 5) is 12.2. The molecule has 0 aliphatic rings. The molecule has 2 N–H and O–H groups in total. The fraction of sp³-hybridized carbons (Fsp3) is 0.0667. The Morgan fingerprint density at radius 3 is 3.04 bits per heavy atom. The number of benzene rings is 1. The summed E-state index contributed by atoms with van der Waals surface area (Å²) in [6.07, 6.45) is 6.45. The Bertz CT molecular complexity index is 868. The van der Waals surface area contributed by atoms with Crippen molar-refractivity contribution in [1.82, 2.24) is 15.3 Å². The lowest BCUT2D eigenvalue weighted by Gasteiger charge is -2.11. The van der Waals surface area contributed by atoms with Crippen molar-refractivity contribution in [2.24, 2.45) is 4.99 Å². The number of aliphatic imine (C=N–C) groups is 1. The normalized spacial score (nSPS) is 10.9. The Hall–Kier alpha value is -3.38. The van der Waals surface area contributed by atoms with Crippen LogP contribution in [0.4, 0.5) is 10.8 Å². The zero-order valence-electron chi connectivity index (χ0n) is 12.6. The van der Waals surface area contributed by atoms with E-state index >= 15 is 0 Å². The molecule has 0 aliphatic heterocycles. The van der Waals surface area contributed by atoms with Gasteiger partial charge >= 0.3 is 0 Å². The Morgan fingerprint density at radius 1 is 1.46 bits per heavy atom. The predicted octanol–water partition coefficient (Wildman–Crippen LogP) is 2.98. The van der Waals surface area contributed by atoms with Crippen molar-refractivity contribution in [3.63, 3.8) is 0 Å². The summed E-state index contributed by atoms with van der Waals surface area (Å²) >= 11 is 1.36. The maximum atomic E-state index is 8.87. The van der Waals surface area contributed by atoms with Gasteiger partial charge in [0, 0.05) is 23.3 Å². The quantitative estimate of drug-likeness (QED) is 0.325. The third-order valence-electron chi connectivity index (χ3n) is 2.96. The first kappa shape index (κ1) is 15.5. The second-order valence-corrected chi connectivity index (χ2v) is 5.29. The third kappa shape index (κ3) is 3.50. The topological polar surface area (TPSA) is 108 Å². The van der Waals surface area contributed by atoms with E-state index < -0.39 is 0 Å². The second kappa shape index (κ2) is 7.26. The van der Waals surface area contributed by atoms with Gasteiger partial charge in [0.15, 0.2) is 18.3 Å². The Labute approximate surface area is 141 Å². The Balaban J connectivity index is 1.87. The molecule has 0 saturated heterocycles. The van der Waals surface area contributed by atoms with Crippen LogP contribution in [0, 0.1) is 11.5 Å². The number of nitrogens with one attached hydrogen (secondary N) is 2. The molecule has 8 nitrogen and oxygen atoms in total. The number of methoxy groups -OCH3 is 1. The van der Waals surface area contributed by atoms with Crippen LogP contribution in [0.3, 0.4) is 0 Å². The number of nitriles is 1. The lowest BCUT2D eigenvalue weighted by atomic mass is 10.1. The molecule has 24 heavy (non-hydrogen) atoms. The number of ether oxygens (including phenoxy) is 1. The fourth-order valence-electron chi connectivity index (χ4n) is 1.96. The first-order valence-electron chi connectivity index (χ1n) is 6.77. The van der Waals surface area contributed by atoms with Crippen LogP contribution in [0.1, 0.15) is 0 Å². The van der Waals surface area contributed by atoms with Crippen molar-refractivity contribution in [2.75, 3.05) is 12.4 Å². The van der Waals surface area contributed by atoms with Crippen molar-refractivity contribution in [2.45, 2.75) is 0 Å². The van der Waals surface area contributed by atoms with Gasteiger partial charge in [0.25, 0.3) is 0 Å². The fourth-order valence-corrected chi connectivity index (χ4v) is 2.47. The van der Waals surface area contributed by atoms with Gasteiger partial charge in [-0.25, -0.2) is 9.97 Å². The van der Waals surface area contributed by atoms with Crippen LogP contribution >= 0.6 is 11.3 Å². The molecular formula is C15H12N6O2S. The highest BCUT2D eigenvalue weighted by Gasteiger charge is 2.11. The molecule has 0 unspecified atom stereocenters. The minimum absolute atomic E-state index is 0.266. The molecule has 0 aliphatic carbocycles. The molecule has 3 aromatic rings. The average Bonchev–Trinajstić information content (AvgIpc) is 3.28. The molecule has 0 radical (unpaired) electrons. The van der Waals surface area contributed by atoms with E-state index in [1.165, 1.54) is 17.7 Å². The number of guanidine groups is 1. The molecule has 3 rings (SSSR count). The molecule has 0 bridgehead atoms. The van der Waals surface area contributed by atoms with Gasteiger partial charge < -0.3 is 14.5 Å². The number of thiazole rings is 1. The highest BCUT2D eigenvalue weighted by Crippen LogP contribution is 2.32. The van der Waals surface area contributed by atoms with Gasteiger partial charge in [-0.3, -0.25) is 5.32 Å². The van der Waals surface area contributed by atoms with Gasteiger partial charge in [-0.1, -0.05) is 0 Å². The number of rotatable bonds is 4. The maximum absolute atomic E-state index is 8.87. The molecule has 0 fully saturated rings. The van der Waals surface area contributed by atoms with Gasteiger partial charge in [0.05, 0.1) is 18.9 Å². The van der Waals surface area contributed by atoms with E-state index in [0.717, 1.165) is 5.56 Å². The average molecular weight is 340 g/mol. The molecule has 0 amide bonds. The van der Waals surface area contributed by atoms with E-state index in [4.69, 9.17) is 14.4 Å². The van der Waals surface area contributed by atoms with Gasteiger partial charge in [-0.2, -0.15) is 10.3 Å². The SMILES string of the molecule is COc1cc(N/C(=N/c2nccs2)NC#N)ccc1-c1cnco1. The van der Waals surface area contributed by atoms with Crippen LogP contribution in [0.15, 0.2) is 51.8 Å². The highest BCUT2D eigenvalue weighted by atomic mass is 32.1. The number of hydrogen-bond donors (Lipinski definition) is 2. The van der Waals surface area contributed by atoms with Gasteiger partial charge in [-0.05, 0) is 12.1 Å². The van der Waals surface area contributed by atoms with E-state index in [-0.39, 0.29) is 5.96 Å². The first-order chi connectivity index (χ1) is 11.8. The number of oxazole rings is 1. The summed E-state index contributed by atoms with van der Waals surface area (Å²) in [5, 5.41) is 16.7. The molecule has 0 saturated carbocycles. The lowest BCUT2D eigenvalue weighted by Crippen LogP contribution is -2.26. The van der Waals surface area contributed by atoms with Crippen molar-refractivity contribution < 1.29 is 9.15 Å². The van der Waals surface area contributed by atoms with E-state index in [2.05, 4.69) is 25.6 Å². The molecule has 9 heteroatoms. The molecule has 2 heterocycles. The zero-order valence-corrected chi connectivity index (χ0v) is 13.4. The Kier molecular flexibility index (Phi) is 4.69. The van der Waals surface area contributed by atoms with Gasteiger partial charge in [0.1, 0.15) is 5.75 Å². The standard InChI is InChI=1S/C15H12N6O2S/c1-22-12-6-10(2-3-11(12)13-7-17-9-23-13)20-14(19-8-16)21-15-18-4-5-24-15/h2-7,9H,1H3,(H2,18,19,20,21). The smallest absolute Gasteiger partial charge is 0.216 e. The summed E-state index contributed by atoms with van der Waals surface area (Å²) in [6.45, 7) is 0. The van der Waals surface area contributed by atoms with Crippen LogP contribution in [-0.4, -0.2) is 23.0 Å². The third-order valence-corrected chi connectivity index (χ3v) is 3.63. The van der Waals surface area contributed by atoms with Crippen LogP contribution in [0.2, 0.25) is 0 Å². The minimum atomic E-state index is 0.266. The predicted molar refractivity (Wildman–Crippen MR) is 90.1 cm³/mol. The summed E-state index contributed by atoms with van der Waals surface area (Å²) in [5.74, 6) is 1.47. The van der Waals surface area contributed by atoms with Gasteiger partial charge in [-0.15, -0.1) is 11.3 Å². The summed E-state index contributed by atoms with van der Waals surface area (Å²) in [5.41, 5.74) is 1.46. The number of hydrogen-bond acceptors (Lipinski definition) is 7. The minimum Gasteiger partial charge on any atom is -0.496 e. The van der Waals surface area contributed by atoms with Crippen LogP contribution in [-0.2, 0) is 0 Å². The number of aromatic nitrogens is 2. The summed E-state index contributed by atoms with van der Waals surface area (Å²) in [6, 6.07) is 5.42. The lowest BCUT2D eigenvalue weighted by molar-refractivity contribution is 0.415. The monoisotopic (exact) mass is 340 g/mol. The second-order valence-electron chi connectivity index (χ2n) is 4.42. The first-order valence-corrected chi connectivity index (χ1v) is 7.65. The van der Waals surface area contributed by atoms with Crippen LogP contribution < -0.4 is 15.4 Å². The molecule has 0 atom stereocenters. The van der Waals surface area contributed by atoms with Crippen molar-refractivity contribution in [1.29, 1.82) is 5.26 Å². The van der Waals surface area contributed by atoms with E-state index in [1.807, 2.05) is 18.3 Å². The van der Waals surface area contributed by atoms with E-state index in [0.29, 0.717) is 22.3 Å². The summed E-state index contributed by atoms with van der Waals surface area (Å²) in [7, 11) is 1.57. The molecule has 120 valence electrons. The van der Waals surface area contributed by atoms with Crippen molar-refractivity contribution in [3.8, 4) is 23.3 Å². The zero-order chi connectivity index (χ0) is 16.8. The van der Waals surface area contributed by atoms with E-state index in [1.54, 1.807) is 30.9 Å². The molecule has 1 aromatic carbocycles. The van der Waals surface area contributed by atoms with Crippen LogP contribution in [0.5, 0.6) is 5.75 Å². The summed E-state index contributed by atoms with van der Waals surface area (Å²) < 4.78 is 10.7. The number of nitrogens with zero attached hydrogens (tertiary/aromatic N) is 4. The van der Waals surface area contributed by atoms with Crippen molar-refractivity contribution in [3.05, 3.63) is 42.4 Å². The number of anilines is 1. The Morgan fingerprint density at radius 2 is 2.38 bits per heavy atom. The highest BCUT2D eigenvalue weighted by molar-refractivity contribution is 7.13. The largest absolute Gasteiger partial charge is 0.496 e. The molecule has 2 aromatic heterocycles. The van der Waals surface area contributed by atoms with Crippen molar-refractivity contribution >= 4 is 28.1 Å². The van der Waals surface area contributed by atoms with Gasteiger partial charge in [0.2, 0.25) is 11.1 Å². The molecular weight excluding hydrogens is 328 g/mol. The van der Waals surface area contributed by atoms with Crippen LogP contribution in [0.25, 0.3) is 11.3 Å². The van der Waals surface area contributed by atoms with E-state index in [9.17, 15) is 0 Å². The molecule has 0 spiro atoms. The maximum Gasteiger partial charge on any atom is 0.216 e.